The van der Waals surface area contributed by atoms with Crippen molar-refractivity contribution in [3.05, 3.63) is 0 Å². The number of piperidine rings is 1. The highest BCUT2D eigenvalue weighted by molar-refractivity contribution is 5.85. The molecule has 2 saturated heterocycles. The van der Waals surface area contributed by atoms with Crippen molar-refractivity contribution in [2.45, 2.75) is 63.8 Å². The minimum absolute atomic E-state index is 0. The number of nitrogens with one attached hydrogen (secondary N) is 1. The lowest BCUT2D eigenvalue weighted by molar-refractivity contribution is -0.137. The van der Waals surface area contributed by atoms with Crippen LogP contribution >= 0.6 is 12.4 Å². The molecular formula is C18H31ClN2O. The fraction of sp³-hybridized carbons (Fsp3) is 0.944. The summed E-state index contributed by atoms with van der Waals surface area (Å²) in [6.45, 7) is 3.04. The normalized spacial score (nSPS) is 40.7. The maximum Gasteiger partial charge on any atom is 0.227 e. The number of rotatable bonds is 3. The van der Waals surface area contributed by atoms with E-state index in [9.17, 15) is 4.79 Å². The van der Waals surface area contributed by atoms with Crippen molar-refractivity contribution in [1.29, 1.82) is 0 Å². The quantitative estimate of drug-likeness (QED) is 0.863. The lowest BCUT2D eigenvalue weighted by atomic mass is 9.83. The molecule has 1 N–H and O–H groups in total. The van der Waals surface area contributed by atoms with Gasteiger partial charge >= 0.3 is 0 Å². The summed E-state index contributed by atoms with van der Waals surface area (Å²) in [4.78, 5) is 15.1. The Morgan fingerprint density at radius 2 is 2.00 bits per heavy atom. The topological polar surface area (TPSA) is 32.3 Å². The Kier molecular flexibility index (Phi) is 5.34. The summed E-state index contributed by atoms with van der Waals surface area (Å²) in [5.74, 6) is 3.70. The van der Waals surface area contributed by atoms with E-state index in [1.165, 1.54) is 51.4 Å². The number of carbonyl (C=O) groups is 1. The Balaban J connectivity index is 0.00000144. The largest absolute Gasteiger partial charge is 0.339 e. The van der Waals surface area contributed by atoms with Gasteiger partial charge in [0.1, 0.15) is 0 Å². The van der Waals surface area contributed by atoms with Crippen LogP contribution in [0.3, 0.4) is 0 Å². The lowest BCUT2D eigenvalue weighted by Gasteiger charge is -2.33. The zero-order chi connectivity index (χ0) is 14.2. The van der Waals surface area contributed by atoms with Crippen LogP contribution in [0, 0.1) is 23.7 Å². The lowest BCUT2D eigenvalue weighted by Crippen LogP contribution is -2.45. The van der Waals surface area contributed by atoms with Crippen molar-refractivity contribution >= 4 is 18.3 Å². The van der Waals surface area contributed by atoms with Crippen LogP contribution in [0.4, 0.5) is 0 Å². The number of hydrogen-bond donors (Lipinski definition) is 1. The van der Waals surface area contributed by atoms with Crippen molar-refractivity contribution in [3.8, 4) is 0 Å². The van der Waals surface area contributed by atoms with Gasteiger partial charge in [-0.05, 0) is 75.7 Å². The molecule has 2 aliphatic carbocycles. The molecule has 2 heterocycles. The number of halogens is 1. The summed E-state index contributed by atoms with van der Waals surface area (Å²) in [6, 6.07) is 0.573. The standard InChI is InChI=1S/C18H30N2O.ClH/c21-18(15-3-1-7-19-12-15)20-8-2-4-17(20)11-16-10-13-5-6-14(16)9-13;/h13-17,19H,1-12H2;1H. The van der Waals surface area contributed by atoms with E-state index in [-0.39, 0.29) is 18.3 Å². The summed E-state index contributed by atoms with van der Waals surface area (Å²) in [5, 5.41) is 3.40. The molecule has 1 amide bonds. The maximum atomic E-state index is 12.8. The highest BCUT2D eigenvalue weighted by atomic mass is 35.5. The first kappa shape index (κ1) is 16.6. The van der Waals surface area contributed by atoms with Gasteiger partial charge in [0.2, 0.25) is 5.91 Å². The molecule has 0 aromatic heterocycles. The maximum absolute atomic E-state index is 12.8. The minimum atomic E-state index is 0. The van der Waals surface area contributed by atoms with Crippen LogP contribution in [-0.2, 0) is 4.79 Å². The molecule has 0 radical (unpaired) electrons. The average molecular weight is 327 g/mol. The number of nitrogens with zero attached hydrogens (tertiary/aromatic N) is 1. The molecule has 0 spiro atoms. The van der Waals surface area contributed by atoms with Crippen LogP contribution in [-0.4, -0.2) is 36.5 Å². The van der Waals surface area contributed by atoms with Crippen LogP contribution in [0.25, 0.3) is 0 Å². The SMILES string of the molecule is Cl.O=C(C1CCCNC1)N1CCCC1CC1CC2CCC1C2. The van der Waals surface area contributed by atoms with Crippen molar-refractivity contribution < 1.29 is 4.79 Å². The fourth-order valence-electron chi connectivity index (χ4n) is 5.68. The van der Waals surface area contributed by atoms with E-state index in [0.29, 0.717) is 11.9 Å². The summed E-state index contributed by atoms with van der Waals surface area (Å²) < 4.78 is 0. The zero-order valence-corrected chi connectivity index (χ0v) is 14.5. The second-order valence-corrected chi connectivity index (χ2v) is 8.04. The van der Waals surface area contributed by atoms with E-state index in [0.717, 1.165) is 43.8 Å². The van der Waals surface area contributed by atoms with E-state index in [2.05, 4.69) is 10.2 Å². The molecule has 3 nitrogen and oxygen atoms in total. The van der Waals surface area contributed by atoms with Gasteiger partial charge in [0.05, 0.1) is 5.92 Å². The monoisotopic (exact) mass is 326 g/mol. The minimum Gasteiger partial charge on any atom is -0.339 e. The van der Waals surface area contributed by atoms with Gasteiger partial charge in [0, 0.05) is 19.1 Å². The first-order valence-corrected chi connectivity index (χ1v) is 9.32. The Labute approximate surface area is 141 Å². The third-order valence-corrected chi connectivity index (χ3v) is 6.77. The van der Waals surface area contributed by atoms with Gasteiger partial charge in [-0.25, -0.2) is 0 Å². The first-order valence-electron chi connectivity index (χ1n) is 9.32. The molecule has 4 heteroatoms. The smallest absolute Gasteiger partial charge is 0.227 e. The first-order chi connectivity index (χ1) is 10.3. The molecule has 2 saturated carbocycles. The van der Waals surface area contributed by atoms with Crippen LogP contribution < -0.4 is 5.32 Å². The van der Waals surface area contributed by atoms with E-state index in [1.807, 2.05) is 0 Å². The molecule has 0 aromatic rings. The molecule has 22 heavy (non-hydrogen) atoms. The fourth-order valence-corrected chi connectivity index (χ4v) is 5.68. The number of amides is 1. The Morgan fingerprint density at radius 3 is 2.68 bits per heavy atom. The van der Waals surface area contributed by atoms with Crippen molar-refractivity contribution in [1.82, 2.24) is 10.2 Å². The Morgan fingerprint density at radius 1 is 1.09 bits per heavy atom. The third kappa shape index (κ3) is 3.17. The molecule has 0 aromatic carbocycles. The molecule has 2 aliphatic heterocycles. The molecule has 5 unspecified atom stereocenters. The summed E-state index contributed by atoms with van der Waals surface area (Å²) in [6.07, 6.45) is 12.0. The van der Waals surface area contributed by atoms with E-state index in [1.54, 1.807) is 0 Å². The van der Waals surface area contributed by atoms with Gasteiger partial charge in [-0.1, -0.05) is 6.42 Å². The van der Waals surface area contributed by atoms with Gasteiger partial charge in [0.15, 0.2) is 0 Å². The molecule has 126 valence electrons. The highest BCUT2D eigenvalue weighted by Gasteiger charge is 2.42. The number of carbonyl (C=O) groups excluding carboxylic acids is 1. The Hall–Kier alpha value is -0.280. The Bertz CT molecular complexity index is 397. The highest BCUT2D eigenvalue weighted by Crippen LogP contribution is 2.50. The second-order valence-electron chi connectivity index (χ2n) is 8.04. The molecule has 4 aliphatic rings. The zero-order valence-electron chi connectivity index (χ0n) is 13.6. The van der Waals surface area contributed by atoms with Gasteiger partial charge in [0.25, 0.3) is 0 Å². The van der Waals surface area contributed by atoms with Gasteiger partial charge in [-0.3, -0.25) is 4.79 Å². The second kappa shape index (κ2) is 7.09. The summed E-state index contributed by atoms with van der Waals surface area (Å²) >= 11 is 0. The van der Waals surface area contributed by atoms with Crippen molar-refractivity contribution in [3.63, 3.8) is 0 Å². The van der Waals surface area contributed by atoms with Crippen LogP contribution in [0.15, 0.2) is 0 Å². The third-order valence-electron chi connectivity index (χ3n) is 6.77. The number of likely N-dealkylation sites (tertiary alicyclic amines) is 1. The number of hydrogen-bond acceptors (Lipinski definition) is 2. The van der Waals surface area contributed by atoms with Crippen molar-refractivity contribution in [2.24, 2.45) is 23.7 Å². The van der Waals surface area contributed by atoms with Crippen LogP contribution in [0.5, 0.6) is 0 Å². The van der Waals surface area contributed by atoms with Gasteiger partial charge in [-0.15, -0.1) is 12.4 Å². The summed E-state index contributed by atoms with van der Waals surface area (Å²) in [7, 11) is 0. The molecule has 5 atom stereocenters. The summed E-state index contributed by atoms with van der Waals surface area (Å²) in [5.41, 5.74) is 0. The van der Waals surface area contributed by atoms with E-state index >= 15 is 0 Å². The van der Waals surface area contributed by atoms with Gasteiger partial charge < -0.3 is 10.2 Å². The molecule has 2 bridgehead atoms. The van der Waals surface area contributed by atoms with E-state index < -0.39 is 0 Å². The van der Waals surface area contributed by atoms with E-state index in [4.69, 9.17) is 0 Å². The molecule has 4 rings (SSSR count). The predicted octanol–water partition coefficient (Wildman–Crippen LogP) is 3.23. The number of fused-ring (bicyclic) bond motifs is 2. The van der Waals surface area contributed by atoms with Crippen LogP contribution in [0.1, 0.15) is 57.8 Å². The van der Waals surface area contributed by atoms with Crippen molar-refractivity contribution in [2.75, 3.05) is 19.6 Å². The molecular weight excluding hydrogens is 296 g/mol. The van der Waals surface area contributed by atoms with Gasteiger partial charge in [-0.2, -0.15) is 0 Å². The van der Waals surface area contributed by atoms with Crippen LogP contribution in [0.2, 0.25) is 0 Å². The average Bonchev–Trinajstić information content (AvgIpc) is 3.24. The molecule has 4 fully saturated rings. The predicted molar refractivity (Wildman–Crippen MR) is 91.1 cm³/mol.